The van der Waals surface area contributed by atoms with Crippen LogP contribution in [0.15, 0.2) is 12.4 Å². The highest BCUT2D eigenvalue weighted by molar-refractivity contribution is 5.30. The Bertz CT molecular complexity index is 325. The van der Waals surface area contributed by atoms with Gasteiger partial charge in [-0.25, -0.2) is 8.78 Å². The minimum absolute atomic E-state index is 0.00835. The maximum Gasteiger partial charge on any atom is 0.248 e. The van der Waals surface area contributed by atoms with E-state index in [2.05, 4.69) is 5.10 Å². The second-order valence-electron chi connectivity index (χ2n) is 4.30. The van der Waals surface area contributed by atoms with Crippen LogP contribution < -0.4 is 5.73 Å². The predicted molar refractivity (Wildman–Crippen MR) is 53.5 cm³/mol. The molecule has 1 aromatic rings. The minimum atomic E-state index is -2.44. The lowest BCUT2D eigenvalue weighted by molar-refractivity contribution is -0.0476. The number of nitrogens with two attached hydrogens (primary N) is 1. The summed E-state index contributed by atoms with van der Waals surface area (Å²) in [6, 6.07) is 0. The van der Waals surface area contributed by atoms with E-state index in [0.717, 1.165) is 0 Å². The second kappa shape index (κ2) is 3.79. The minimum Gasteiger partial charge on any atom is -0.396 e. The molecule has 3 nitrogen and oxygen atoms in total. The fourth-order valence-electron chi connectivity index (χ4n) is 2.03. The molecule has 0 radical (unpaired) electrons. The van der Waals surface area contributed by atoms with Crippen LogP contribution in [0.4, 0.5) is 14.5 Å². The first-order valence-corrected chi connectivity index (χ1v) is 5.21. The summed E-state index contributed by atoms with van der Waals surface area (Å²) in [5.74, 6) is -2.14. The largest absolute Gasteiger partial charge is 0.396 e. The van der Waals surface area contributed by atoms with Gasteiger partial charge in [-0.15, -0.1) is 0 Å². The number of nitrogen functional groups attached to an aromatic ring is 1. The van der Waals surface area contributed by atoms with E-state index < -0.39 is 5.92 Å². The summed E-state index contributed by atoms with van der Waals surface area (Å²) in [5.41, 5.74) is 6.14. The van der Waals surface area contributed by atoms with Crippen LogP contribution in [-0.2, 0) is 6.54 Å². The number of rotatable bonds is 2. The van der Waals surface area contributed by atoms with E-state index in [0.29, 0.717) is 31.0 Å². The Hall–Kier alpha value is -1.13. The van der Waals surface area contributed by atoms with Crippen molar-refractivity contribution in [3.05, 3.63) is 12.4 Å². The van der Waals surface area contributed by atoms with Crippen LogP contribution in [0, 0.1) is 5.92 Å². The molecule has 0 bridgehead atoms. The highest BCUT2D eigenvalue weighted by Gasteiger charge is 2.34. The highest BCUT2D eigenvalue weighted by Crippen LogP contribution is 2.36. The monoisotopic (exact) mass is 215 g/mol. The topological polar surface area (TPSA) is 43.8 Å². The van der Waals surface area contributed by atoms with Gasteiger partial charge < -0.3 is 5.73 Å². The average Bonchev–Trinajstić information content (AvgIpc) is 2.55. The van der Waals surface area contributed by atoms with Gasteiger partial charge in [-0.05, 0) is 18.8 Å². The Labute approximate surface area is 87.3 Å². The molecule has 0 amide bonds. The molecule has 1 fully saturated rings. The van der Waals surface area contributed by atoms with Crippen molar-refractivity contribution in [2.24, 2.45) is 5.92 Å². The summed E-state index contributed by atoms with van der Waals surface area (Å²) in [5, 5.41) is 4.05. The first-order valence-electron chi connectivity index (χ1n) is 5.21. The Morgan fingerprint density at radius 1 is 1.47 bits per heavy atom. The molecule has 1 aliphatic carbocycles. The molecule has 0 spiro atoms. The van der Waals surface area contributed by atoms with Gasteiger partial charge in [-0.3, -0.25) is 4.68 Å². The van der Waals surface area contributed by atoms with E-state index >= 15 is 0 Å². The number of halogens is 2. The van der Waals surface area contributed by atoms with Crippen LogP contribution in [0.2, 0.25) is 0 Å². The summed E-state index contributed by atoms with van der Waals surface area (Å²) in [6.45, 7) is 0.702. The zero-order valence-electron chi connectivity index (χ0n) is 8.50. The molecule has 1 saturated carbocycles. The van der Waals surface area contributed by atoms with Gasteiger partial charge in [-0.1, -0.05) is 0 Å². The quantitative estimate of drug-likeness (QED) is 0.822. The molecule has 0 atom stereocenters. The first-order chi connectivity index (χ1) is 7.05. The van der Waals surface area contributed by atoms with Gasteiger partial charge in [0.05, 0.1) is 11.9 Å². The van der Waals surface area contributed by atoms with Crippen molar-refractivity contribution in [2.75, 3.05) is 5.73 Å². The molecule has 1 heterocycles. The lowest BCUT2D eigenvalue weighted by atomic mass is 9.87. The van der Waals surface area contributed by atoms with Gasteiger partial charge in [0.2, 0.25) is 5.92 Å². The van der Waals surface area contributed by atoms with Gasteiger partial charge in [0.15, 0.2) is 0 Å². The molecular formula is C10H15F2N3. The molecule has 0 aromatic carbocycles. The van der Waals surface area contributed by atoms with E-state index in [1.54, 1.807) is 17.1 Å². The standard InChI is InChI=1S/C10H15F2N3/c11-10(12)3-1-8(2-4-10)6-15-7-9(13)5-14-15/h5,7-8H,1-4,6,13H2. The predicted octanol–water partition coefficient (Wildman–Crippen LogP) is 2.29. The Morgan fingerprint density at radius 3 is 2.67 bits per heavy atom. The summed E-state index contributed by atoms with van der Waals surface area (Å²) >= 11 is 0. The number of anilines is 1. The lowest BCUT2D eigenvalue weighted by Gasteiger charge is -2.27. The van der Waals surface area contributed by atoms with E-state index in [4.69, 9.17) is 5.73 Å². The maximum absolute atomic E-state index is 12.9. The molecule has 2 N–H and O–H groups in total. The summed E-state index contributed by atoms with van der Waals surface area (Å²) in [6.07, 6.45) is 4.49. The van der Waals surface area contributed by atoms with Gasteiger partial charge in [0, 0.05) is 25.6 Å². The summed E-state index contributed by atoms with van der Waals surface area (Å²) in [7, 11) is 0. The Kier molecular flexibility index (Phi) is 2.63. The maximum atomic E-state index is 12.9. The van der Waals surface area contributed by atoms with Crippen LogP contribution in [0.3, 0.4) is 0 Å². The summed E-state index contributed by atoms with van der Waals surface area (Å²) < 4.78 is 27.5. The molecule has 15 heavy (non-hydrogen) atoms. The van der Waals surface area contributed by atoms with Crippen LogP contribution in [0.25, 0.3) is 0 Å². The molecule has 5 heteroatoms. The van der Waals surface area contributed by atoms with E-state index in [9.17, 15) is 8.78 Å². The molecular weight excluding hydrogens is 200 g/mol. The van der Waals surface area contributed by atoms with Crippen molar-refractivity contribution in [2.45, 2.75) is 38.2 Å². The van der Waals surface area contributed by atoms with Crippen molar-refractivity contribution in [3.63, 3.8) is 0 Å². The molecule has 1 aliphatic rings. The van der Waals surface area contributed by atoms with Crippen molar-refractivity contribution >= 4 is 5.69 Å². The Balaban J connectivity index is 1.87. The van der Waals surface area contributed by atoms with Crippen LogP contribution in [0.1, 0.15) is 25.7 Å². The molecule has 0 aliphatic heterocycles. The second-order valence-corrected chi connectivity index (χ2v) is 4.30. The number of hydrogen-bond donors (Lipinski definition) is 1. The molecule has 1 aromatic heterocycles. The van der Waals surface area contributed by atoms with E-state index in [1.165, 1.54) is 0 Å². The summed E-state index contributed by atoms with van der Waals surface area (Å²) in [4.78, 5) is 0. The zero-order valence-corrected chi connectivity index (χ0v) is 8.50. The normalized spacial score (nSPS) is 21.7. The van der Waals surface area contributed by atoms with Crippen LogP contribution >= 0.6 is 0 Å². The van der Waals surface area contributed by atoms with Crippen LogP contribution in [-0.4, -0.2) is 15.7 Å². The fraction of sp³-hybridized carbons (Fsp3) is 0.700. The number of nitrogens with zero attached hydrogens (tertiary/aromatic N) is 2. The van der Waals surface area contributed by atoms with Gasteiger partial charge in [0.1, 0.15) is 0 Å². The highest BCUT2D eigenvalue weighted by atomic mass is 19.3. The Morgan fingerprint density at radius 2 is 2.13 bits per heavy atom. The molecule has 2 rings (SSSR count). The third kappa shape index (κ3) is 2.67. The smallest absolute Gasteiger partial charge is 0.248 e. The van der Waals surface area contributed by atoms with E-state index in [-0.39, 0.29) is 12.8 Å². The molecule has 0 unspecified atom stereocenters. The van der Waals surface area contributed by atoms with E-state index in [1.807, 2.05) is 0 Å². The van der Waals surface area contributed by atoms with Crippen molar-refractivity contribution in [1.29, 1.82) is 0 Å². The number of hydrogen-bond acceptors (Lipinski definition) is 2. The fourth-order valence-corrected chi connectivity index (χ4v) is 2.03. The zero-order chi connectivity index (χ0) is 10.9. The molecule has 84 valence electrons. The SMILES string of the molecule is Nc1cnn(CC2CCC(F)(F)CC2)c1. The number of alkyl halides is 2. The van der Waals surface area contributed by atoms with Crippen LogP contribution in [0.5, 0.6) is 0 Å². The van der Waals surface area contributed by atoms with Gasteiger partial charge in [-0.2, -0.15) is 5.10 Å². The first kappa shape index (κ1) is 10.4. The van der Waals surface area contributed by atoms with Gasteiger partial charge in [0.25, 0.3) is 0 Å². The number of aromatic nitrogens is 2. The molecule has 0 saturated heterocycles. The van der Waals surface area contributed by atoms with Crippen molar-refractivity contribution in [1.82, 2.24) is 9.78 Å². The van der Waals surface area contributed by atoms with Crippen molar-refractivity contribution in [3.8, 4) is 0 Å². The van der Waals surface area contributed by atoms with Gasteiger partial charge >= 0.3 is 0 Å². The third-order valence-corrected chi connectivity index (χ3v) is 2.94. The average molecular weight is 215 g/mol. The van der Waals surface area contributed by atoms with Crippen molar-refractivity contribution < 1.29 is 8.78 Å². The lowest BCUT2D eigenvalue weighted by Crippen LogP contribution is -2.26. The third-order valence-electron chi connectivity index (χ3n) is 2.94.